The van der Waals surface area contributed by atoms with E-state index in [1.165, 1.54) is 4.90 Å². The quantitative estimate of drug-likeness (QED) is 0.760. The zero-order chi connectivity index (χ0) is 14.2. The number of hydrogen-bond donors (Lipinski definition) is 1. The highest BCUT2D eigenvalue weighted by atomic mass is 32.2. The van der Waals surface area contributed by atoms with Crippen molar-refractivity contribution < 1.29 is 22.0 Å². The van der Waals surface area contributed by atoms with E-state index in [-0.39, 0.29) is 24.6 Å². The molecule has 0 spiro atoms. The second-order valence-electron chi connectivity index (χ2n) is 4.30. The molecule has 0 aliphatic carbocycles. The van der Waals surface area contributed by atoms with Gasteiger partial charge in [-0.3, -0.25) is 4.79 Å². The van der Waals surface area contributed by atoms with E-state index in [0.717, 1.165) is 12.1 Å². The molecule has 5 nitrogen and oxygen atoms in total. The molecule has 1 fully saturated rings. The van der Waals surface area contributed by atoms with Crippen LogP contribution in [0.4, 0.5) is 14.5 Å². The number of hydrogen-bond acceptors (Lipinski definition) is 4. The number of anilines is 1. The van der Waals surface area contributed by atoms with Crippen molar-refractivity contribution in [2.75, 3.05) is 30.3 Å². The first-order valence-electron chi connectivity index (χ1n) is 5.54. The van der Waals surface area contributed by atoms with Crippen molar-refractivity contribution in [3.8, 4) is 0 Å². The fraction of sp³-hybridized carbons (Fsp3) is 0.364. The van der Waals surface area contributed by atoms with Gasteiger partial charge in [0.05, 0.1) is 22.8 Å². The van der Waals surface area contributed by atoms with Gasteiger partial charge in [-0.1, -0.05) is 0 Å². The van der Waals surface area contributed by atoms with Crippen molar-refractivity contribution in [2.45, 2.75) is 0 Å². The average molecular weight is 290 g/mol. The first-order valence-corrected chi connectivity index (χ1v) is 7.36. The maximum Gasteiger partial charge on any atom is 0.257 e. The Balaban J connectivity index is 2.26. The van der Waals surface area contributed by atoms with Crippen LogP contribution in [0.15, 0.2) is 12.1 Å². The maximum absolute atomic E-state index is 13.7. The number of nitrogens with zero attached hydrogens (tertiary/aromatic N) is 1. The van der Waals surface area contributed by atoms with E-state index < -0.39 is 38.6 Å². The summed E-state index contributed by atoms with van der Waals surface area (Å²) in [6.45, 7) is -0.0615. The van der Waals surface area contributed by atoms with Crippen LogP contribution in [0, 0.1) is 11.6 Å². The number of carbonyl (C=O) groups is 1. The van der Waals surface area contributed by atoms with Crippen molar-refractivity contribution in [1.82, 2.24) is 4.90 Å². The maximum atomic E-state index is 13.7. The van der Waals surface area contributed by atoms with Gasteiger partial charge in [-0.25, -0.2) is 17.2 Å². The summed E-state index contributed by atoms with van der Waals surface area (Å²) in [5, 5.41) is 0. The number of nitrogen functional groups attached to an aromatic ring is 1. The number of rotatable bonds is 1. The summed E-state index contributed by atoms with van der Waals surface area (Å²) < 4.78 is 49.3. The van der Waals surface area contributed by atoms with Gasteiger partial charge in [0.2, 0.25) is 0 Å². The van der Waals surface area contributed by atoms with E-state index in [1.807, 2.05) is 0 Å². The zero-order valence-electron chi connectivity index (χ0n) is 9.90. The van der Waals surface area contributed by atoms with Crippen LogP contribution in [-0.2, 0) is 9.84 Å². The predicted octanol–water partition coefficient (Wildman–Crippen LogP) is 0.418. The molecule has 0 aromatic heterocycles. The predicted molar refractivity (Wildman–Crippen MR) is 65.3 cm³/mol. The fourth-order valence-electron chi connectivity index (χ4n) is 1.85. The monoisotopic (exact) mass is 290 g/mol. The van der Waals surface area contributed by atoms with Crippen LogP contribution < -0.4 is 5.73 Å². The van der Waals surface area contributed by atoms with E-state index >= 15 is 0 Å². The summed E-state index contributed by atoms with van der Waals surface area (Å²) in [6, 6.07) is 1.55. The molecule has 2 rings (SSSR count). The van der Waals surface area contributed by atoms with E-state index in [1.54, 1.807) is 0 Å². The van der Waals surface area contributed by atoms with E-state index in [0.29, 0.717) is 0 Å². The minimum atomic E-state index is -3.14. The topological polar surface area (TPSA) is 80.5 Å². The SMILES string of the molecule is Nc1cc(F)cc(C(=O)N2CCS(=O)(=O)CC2)c1F. The highest BCUT2D eigenvalue weighted by molar-refractivity contribution is 7.91. The van der Waals surface area contributed by atoms with Gasteiger partial charge >= 0.3 is 0 Å². The second-order valence-corrected chi connectivity index (χ2v) is 6.60. The van der Waals surface area contributed by atoms with Crippen LogP contribution in [-0.4, -0.2) is 43.8 Å². The summed E-state index contributed by atoms with van der Waals surface area (Å²) in [4.78, 5) is 13.2. The number of sulfone groups is 1. The van der Waals surface area contributed by atoms with Gasteiger partial charge in [-0.15, -0.1) is 0 Å². The summed E-state index contributed by atoms with van der Waals surface area (Å²) in [5.41, 5.74) is 4.32. The van der Waals surface area contributed by atoms with Crippen LogP contribution >= 0.6 is 0 Å². The lowest BCUT2D eigenvalue weighted by Gasteiger charge is -2.27. The molecule has 0 saturated carbocycles. The summed E-state index contributed by atoms with van der Waals surface area (Å²) in [5.74, 6) is -2.90. The molecule has 0 atom stereocenters. The summed E-state index contributed by atoms with van der Waals surface area (Å²) >= 11 is 0. The molecule has 0 unspecified atom stereocenters. The third-order valence-electron chi connectivity index (χ3n) is 2.93. The van der Waals surface area contributed by atoms with Gasteiger partial charge in [0.1, 0.15) is 5.82 Å². The molecule has 1 aromatic carbocycles. The second kappa shape index (κ2) is 4.76. The van der Waals surface area contributed by atoms with Gasteiger partial charge in [0, 0.05) is 13.1 Å². The number of amides is 1. The summed E-state index contributed by atoms with van der Waals surface area (Å²) in [6.07, 6.45) is 0. The molecule has 0 bridgehead atoms. The van der Waals surface area contributed by atoms with Crippen molar-refractivity contribution in [3.63, 3.8) is 0 Å². The average Bonchev–Trinajstić information content (AvgIpc) is 2.33. The minimum Gasteiger partial charge on any atom is -0.396 e. The molecule has 19 heavy (non-hydrogen) atoms. The van der Waals surface area contributed by atoms with Crippen molar-refractivity contribution in [3.05, 3.63) is 29.3 Å². The van der Waals surface area contributed by atoms with Crippen molar-refractivity contribution in [1.29, 1.82) is 0 Å². The number of halogens is 2. The normalized spacial score (nSPS) is 18.3. The first-order chi connectivity index (χ1) is 8.80. The zero-order valence-corrected chi connectivity index (χ0v) is 10.7. The van der Waals surface area contributed by atoms with Crippen LogP contribution in [0.1, 0.15) is 10.4 Å². The van der Waals surface area contributed by atoms with Crippen LogP contribution in [0.3, 0.4) is 0 Å². The van der Waals surface area contributed by atoms with Crippen LogP contribution in [0.5, 0.6) is 0 Å². The van der Waals surface area contributed by atoms with Gasteiger partial charge in [0.25, 0.3) is 5.91 Å². The molecular weight excluding hydrogens is 278 g/mol. The third kappa shape index (κ3) is 2.83. The molecule has 104 valence electrons. The van der Waals surface area contributed by atoms with Gasteiger partial charge in [-0.2, -0.15) is 0 Å². The Morgan fingerprint density at radius 2 is 1.79 bits per heavy atom. The highest BCUT2D eigenvalue weighted by Gasteiger charge is 2.28. The number of benzene rings is 1. The van der Waals surface area contributed by atoms with E-state index in [9.17, 15) is 22.0 Å². The Morgan fingerprint density at radius 1 is 1.21 bits per heavy atom. The van der Waals surface area contributed by atoms with Gasteiger partial charge in [-0.05, 0) is 12.1 Å². The molecule has 1 amide bonds. The molecule has 2 N–H and O–H groups in total. The molecule has 1 aromatic rings. The first kappa shape index (κ1) is 13.7. The molecular formula is C11H12F2N2O3S. The molecule has 8 heteroatoms. The smallest absolute Gasteiger partial charge is 0.257 e. The van der Waals surface area contributed by atoms with Crippen LogP contribution in [0.2, 0.25) is 0 Å². The number of carbonyl (C=O) groups excluding carboxylic acids is 1. The van der Waals surface area contributed by atoms with Gasteiger partial charge in [0.15, 0.2) is 15.7 Å². The van der Waals surface area contributed by atoms with Gasteiger partial charge < -0.3 is 10.6 Å². The Morgan fingerprint density at radius 3 is 2.37 bits per heavy atom. The Hall–Kier alpha value is -1.70. The lowest BCUT2D eigenvalue weighted by Crippen LogP contribution is -2.44. The molecule has 1 aliphatic heterocycles. The Bertz CT molecular complexity index is 617. The highest BCUT2D eigenvalue weighted by Crippen LogP contribution is 2.20. The Kier molecular flexibility index (Phi) is 3.44. The molecule has 0 radical (unpaired) electrons. The van der Waals surface area contributed by atoms with E-state index in [2.05, 4.69) is 0 Å². The number of nitrogens with two attached hydrogens (primary N) is 1. The van der Waals surface area contributed by atoms with E-state index in [4.69, 9.17) is 5.73 Å². The van der Waals surface area contributed by atoms with Crippen LogP contribution in [0.25, 0.3) is 0 Å². The minimum absolute atomic E-state index is 0.0307. The molecule has 1 aliphatic rings. The summed E-state index contributed by atoms with van der Waals surface area (Å²) in [7, 11) is -3.14. The largest absolute Gasteiger partial charge is 0.396 e. The lowest BCUT2D eigenvalue weighted by molar-refractivity contribution is 0.0765. The Labute approximate surface area is 108 Å². The fourth-order valence-corrected chi connectivity index (χ4v) is 3.05. The van der Waals surface area contributed by atoms with Crippen molar-refractivity contribution in [2.24, 2.45) is 0 Å². The molecule has 1 saturated heterocycles. The lowest BCUT2D eigenvalue weighted by atomic mass is 10.1. The van der Waals surface area contributed by atoms with Crippen molar-refractivity contribution >= 4 is 21.4 Å². The molecule has 1 heterocycles. The standard InChI is InChI=1S/C11H12F2N2O3S/c12-7-5-8(10(13)9(14)6-7)11(16)15-1-3-19(17,18)4-2-15/h5-6H,1-4,14H2. The third-order valence-corrected chi connectivity index (χ3v) is 4.54.